The first kappa shape index (κ1) is 24.0. The second kappa shape index (κ2) is 11.4. The molecule has 0 unspecified atom stereocenters. The second-order valence-corrected chi connectivity index (χ2v) is 10.6. The Balaban J connectivity index is 0.000000821. The van der Waals surface area contributed by atoms with Crippen molar-refractivity contribution >= 4 is 35.3 Å². The number of amides is 1. The fourth-order valence-corrected chi connectivity index (χ4v) is 4.75. The molecule has 0 saturated carbocycles. The number of fused-ring (bicyclic) bond motifs is 4. The van der Waals surface area contributed by atoms with Gasteiger partial charge in [-0.05, 0) is 45.0 Å². The van der Waals surface area contributed by atoms with Gasteiger partial charge in [0.15, 0.2) is 0 Å². The van der Waals surface area contributed by atoms with Crippen LogP contribution in [-0.4, -0.2) is 5.91 Å². The summed E-state index contributed by atoms with van der Waals surface area (Å²) >= 11 is -0.556. The molecular weight excluding hydrogens is 485 g/mol. The van der Waals surface area contributed by atoms with E-state index in [1.807, 2.05) is 6.92 Å². The molecule has 0 heterocycles. The van der Waals surface area contributed by atoms with Crippen molar-refractivity contribution in [1.29, 1.82) is 0 Å². The molecular formula is C28H24Cl2NOTi-. The van der Waals surface area contributed by atoms with E-state index >= 15 is 0 Å². The summed E-state index contributed by atoms with van der Waals surface area (Å²) in [4.78, 5) is 12.2. The Kier molecular flexibility index (Phi) is 8.27. The molecule has 1 aliphatic carbocycles. The fraction of sp³-hybridized carbons (Fsp3) is 0.179. The molecule has 1 aliphatic rings. The number of nitrogens with zero attached hydrogens (tertiary/aromatic N) is 1. The van der Waals surface area contributed by atoms with E-state index < -0.39 is 17.0 Å². The molecule has 0 saturated heterocycles. The summed E-state index contributed by atoms with van der Waals surface area (Å²) in [6, 6.07) is 30.2. The van der Waals surface area contributed by atoms with Gasteiger partial charge >= 0.3 is 35.6 Å². The van der Waals surface area contributed by atoms with Crippen molar-refractivity contribution in [2.24, 2.45) is 0 Å². The van der Waals surface area contributed by atoms with Crippen LogP contribution < -0.4 is 0 Å². The molecule has 0 N–H and O–H groups in total. The van der Waals surface area contributed by atoms with Crippen molar-refractivity contribution in [3.05, 3.63) is 112 Å². The first-order valence-electron chi connectivity index (χ1n) is 11.0. The number of hydrogen-bond donors (Lipinski definition) is 0. The van der Waals surface area contributed by atoms with Gasteiger partial charge in [-0.15, -0.1) is 6.54 Å². The second-order valence-electron chi connectivity index (χ2n) is 7.99. The van der Waals surface area contributed by atoms with Gasteiger partial charge in [0.05, 0.1) is 5.91 Å². The van der Waals surface area contributed by atoms with Crippen molar-refractivity contribution < 1.29 is 21.8 Å². The molecule has 0 atom stereocenters. The number of carbonyl (C=O) groups excluding carboxylic acids is 1. The molecule has 5 heteroatoms. The quantitative estimate of drug-likeness (QED) is 0.218. The number of rotatable bonds is 5. The van der Waals surface area contributed by atoms with E-state index in [1.165, 1.54) is 38.6 Å². The molecule has 0 fully saturated rings. The summed E-state index contributed by atoms with van der Waals surface area (Å²) in [5.74, 6) is 0.150. The van der Waals surface area contributed by atoms with Gasteiger partial charge in [-0.3, -0.25) is 0 Å². The number of halogens is 2. The van der Waals surface area contributed by atoms with Gasteiger partial charge in [-0.2, -0.15) is 0 Å². The van der Waals surface area contributed by atoms with Crippen LogP contribution in [0.4, 0.5) is 0 Å². The van der Waals surface area contributed by atoms with Crippen LogP contribution in [0, 0.1) is 0 Å². The normalized spacial score (nSPS) is 11.8. The minimum absolute atomic E-state index is 0.0105. The molecule has 33 heavy (non-hydrogen) atoms. The molecule has 2 nitrogen and oxygen atoms in total. The Labute approximate surface area is 212 Å². The summed E-state index contributed by atoms with van der Waals surface area (Å²) in [6.07, 6.45) is 1.34. The topological polar surface area (TPSA) is 31.2 Å². The Morgan fingerprint density at radius 1 is 0.818 bits per heavy atom. The molecule has 0 radical (unpaired) electrons. The molecule has 0 aromatic heterocycles. The van der Waals surface area contributed by atoms with Gasteiger partial charge < -0.3 is 10.1 Å². The van der Waals surface area contributed by atoms with E-state index in [0.717, 1.165) is 12.0 Å². The third-order valence-electron chi connectivity index (χ3n) is 6.10. The molecule has 1 amide bonds. The number of carbonyl (C=O) groups is 1. The number of benzene rings is 4. The summed E-state index contributed by atoms with van der Waals surface area (Å²) < 4.78 is 0. The minimum atomic E-state index is -0.556. The molecule has 0 bridgehead atoms. The average molecular weight is 509 g/mol. The molecule has 0 aliphatic heterocycles. The van der Waals surface area contributed by atoms with Crippen LogP contribution in [0.1, 0.15) is 47.9 Å². The first-order chi connectivity index (χ1) is 16.2. The van der Waals surface area contributed by atoms with Crippen LogP contribution in [-0.2, 0) is 28.4 Å². The maximum atomic E-state index is 12.2. The Morgan fingerprint density at radius 2 is 1.39 bits per heavy atom. The van der Waals surface area contributed by atoms with Crippen LogP contribution in [0.25, 0.3) is 27.2 Å². The van der Waals surface area contributed by atoms with Gasteiger partial charge in [-0.25, -0.2) is 0 Å². The van der Waals surface area contributed by atoms with Crippen molar-refractivity contribution in [2.75, 3.05) is 0 Å². The van der Waals surface area contributed by atoms with Crippen molar-refractivity contribution in [3.8, 4) is 11.1 Å². The van der Waals surface area contributed by atoms with Crippen molar-refractivity contribution in [2.45, 2.75) is 32.2 Å². The summed E-state index contributed by atoms with van der Waals surface area (Å²) in [5, 5.41) is 6.81. The van der Waals surface area contributed by atoms with E-state index in [-0.39, 0.29) is 11.8 Å². The Bertz CT molecular complexity index is 1230. The van der Waals surface area contributed by atoms with E-state index in [1.54, 1.807) is 0 Å². The summed E-state index contributed by atoms with van der Waals surface area (Å²) in [6.45, 7) is 2.44. The van der Waals surface area contributed by atoms with Gasteiger partial charge in [0, 0.05) is 5.92 Å². The molecule has 4 aromatic rings. The SMILES string of the molecule is CCCC(=O)[N-]Cc1c(C2c3ccccc3-c3ccccc32)ccc2ccccc12.[Cl][Ti][Cl]. The van der Waals surface area contributed by atoms with E-state index in [2.05, 4.69) is 90.2 Å². The Morgan fingerprint density at radius 3 is 2.03 bits per heavy atom. The zero-order valence-corrected chi connectivity index (χ0v) is 21.5. The van der Waals surface area contributed by atoms with Crippen LogP contribution in [0.2, 0.25) is 0 Å². The van der Waals surface area contributed by atoms with Crippen molar-refractivity contribution in [1.82, 2.24) is 0 Å². The van der Waals surface area contributed by atoms with E-state index in [9.17, 15) is 4.79 Å². The van der Waals surface area contributed by atoms with Crippen LogP contribution in [0.5, 0.6) is 0 Å². The third kappa shape index (κ3) is 5.05. The van der Waals surface area contributed by atoms with Crippen molar-refractivity contribution in [3.63, 3.8) is 0 Å². The third-order valence-corrected chi connectivity index (χ3v) is 6.10. The van der Waals surface area contributed by atoms with Crippen LogP contribution >= 0.6 is 18.6 Å². The predicted molar refractivity (Wildman–Crippen MR) is 135 cm³/mol. The molecule has 166 valence electrons. The molecule has 0 spiro atoms. The average Bonchev–Trinajstić information content (AvgIpc) is 3.17. The van der Waals surface area contributed by atoms with E-state index in [0.29, 0.717) is 13.0 Å². The van der Waals surface area contributed by atoms with Gasteiger partial charge in [0.1, 0.15) is 0 Å². The monoisotopic (exact) mass is 508 g/mol. The van der Waals surface area contributed by atoms with Gasteiger partial charge in [0.2, 0.25) is 0 Å². The zero-order valence-electron chi connectivity index (χ0n) is 18.4. The Hall–Kier alpha value is -2.10. The number of hydrogen-bond acceptors (Lipinski definition) is 1. The zero-order chi connectivity index (χ0) is 23.2. The standard InChI is InChI=1S/C28H25NO.2ClH.Ti/c1-2-9-27(30)29-18-26-20-11-4-3-10-19(20)16-17-25(26)28-23-14-7-5-12-21(23)22-13-6-8-15-24(22)28;;;/h3-8,10-17,28H,2,9,18H2,1H3,(H,29,30);2*1H;/q;;;+2/p-3. The summed E-state index contributed by atoms with van der Waals surface area (Å²) in [7, 11) is 9.78. The fourth-order valence-electron chi connectivity index (χ4n) is 4.75. The summed E-state index contributed by atoms with van der Waals surface area (Å²) in [5.41, 5.74) is 7.67. The van der Waals surface area contributed by atoms with Crippen LogP contribution in [0.15, 0.2) is 84.9 Å². The molecule has 5 rings (SSSR count). The van der Waals surface area contributed by atoms with Gasteiger partial charge in [0.25, 0.3) is 0 Å². The van der Waals surface area contributed by atoms with Crippen LogP contribution in [0.3, 0.4) is 0 Å². The van der Waals surface area contributed by atoms with E-state index in [4.69, 9.17) is 18.6 Å². The predicted octanol–water partition coefficient (Wildman–Crippen LogP) is 8.58. The van der Waals surface area contributed by atoms with Gasteiger partial charge in [-0.1, -0.05) is 104 Å². The molecule has 4 aromatic carbocycles. The first-order valence-corrected chi connectivity index (χ1v) is 15.3. The maximum absolute atomic E-state index is 12.2.